The van der Waals surface area contributed by atoms with Gasteiger partial charge < -0.3 is 20.5 Å². The fraction of sp³-hybridized carbons (Fsp3) is 0.611. The van der Waals surface area contributed by atoms with E-state index in [2.05, 4.69) is 10.6 Å². The lowest BCUT2D eigenvalue weighted by molar-refractivity contribution is 0.00948. The molecule has 1 rings (SSSR count). The van der Waals surface area contributed by atoms with Crippen LogP contribution in [0.15, 0.2) is 30.3 Å². The minimum Gasteiger partial charge on any atom is -0.388 e. The van der Waals surface area contributed by atoms with E-state index in [1.807, 2.05) is 58.0 Å². The fourth-order valence-electron chi connectivity index (χ4n) is 2.57. The van der Waals surface area contributed by atoms with Crippen molar-refractivity contribution in [1.82, 2.24) is 10.6 Å². The van der Waals surface area contributed by atoms with Crippen molar-refractivity contribution in [2.45, 2.75) is 64.3 Å². The number of ether oxygens (including phenoxy) is 1. The molecule has 0 aliphatic heterocycles. The normalized spacial score (nSPS) is 15.6. The number of nitrogens with one attached hydrogen (secondary N) is 2. The van der Waals surface area contributed by atoms with E-state index in [1.165, 1.54) is 0 Å². The third kappa shape index (κ3) is 7.48. The molecule has 23 heavy (non-hydrogen) atoms. The van der Waals surface area contributed by atoms with Crippen LogP contribution in [-0.4, -0.2) is 35.9 Å². The van der Waals surface area contributed by atoms with E-state index in [9.17, 15) is 9.90 Å². The Labute approximate surface area is 139 Å². The number of carbonyl (C=O) groups is 1. The van der Waals surface area contributed by atoms with E-state index < -0.39 is 6.10 Å². The molecular formula is C18H30N2O3. The van der Waals surface area contributed by atoms with Crippen LogP contribution in [0.4, 0.5) is 4.79 Å². The number of amides is 2. The number of methoxy groups -OCH3 is 1. The first-order valence-corrected chi connectivity index (χ1v) is 8.08. The largest absolute Gasteiger partial charge is 0.388 e. The molecule has 3 N–H and O–H groups in total. The van der Waals surface area contributed by atoms with Gasteiger partial charge in [-0.3, -0.25) is 0 Å². The predicted octanol–water partition coefficient (Wildman–Crippen LogP) is 3.00. The zero-order valence-electron chi connectivity index (χ0n) is 14.8. The molecule has 0 aliphatic carbocycles. The maximum absolute atomic E-state index is 12.0. The first-order chi connectivity index (χ1) is 10.7. The highest BCUT2D eigenvalue weighted by Gasteiger charge is 2.22. The zero-order chi connectivity index (χ0) is 17.5. The maximum Gasteiger partial charge on any atom is 0.315 e. The van der Waals surface area contributed by atoms with E-state index in [0.717, 1.165) is 12.0 Å². The summed E-state index contributed by atoms with van der Waals surface area (Å²) in [7, 11) is 1.67. The van der Waals surface area contributed by atoms with Crippen LogP contribution in [0.3, 0.4) is 0 Å². The molecule has 0 aromatic heterocycles. The molecular weight excluding hydrogens is 292 g/mol. The molecule has 5 heteroatoms. The molecule has 3 atom stereocenters. The fourth-order valence-corrected chi connectivity index (χ4v) is 2.57. The Morgan fingerprint density at radius 2 is 1.74 bits per heavy atom. The molecule has 5 nitrogen and oxygen atoms in total. The second kappa shape index (κ2) is 8.89. The Kier molecular flexibility index (Phi) is 7.52. The van der Waals surface area contributed by atoms with Gasteiger partial charge >= 0.3 is 6.03 Å². The van der Waals surface area contributed by atoms with Crippen molar-refractivity contribution in [3.8, 4) is 0 Å². The number of aliphatic hydroxyl groups excluding tert-OH is 1. The molecule has 0 saturated heterocycles. The molecule has 1 aromatic rings. The third-order valence-corrected chi connectivity index (χ3v) is 3.87. The molecule has 3 unspecified atom stereocenters. The number of hydrogen-bond donors (Lipinski definition) is 3. The number of urea groups is 1. The van der Waals surface area contributed by atoms with Crippen molar-refractivity contribution < 1.29 is 14.6 Å². The summed E-state index contributed by atoms with van der Waals surface area (Å²) in [6.07, 6.45) is 0.601. The first kappa shape index (κ1) is 19.5. The van der Waals surface area contributed by atoms with E-state index in [1.54, 1.807) is 7.11 Å². The van der Waals surface area contributed by atoms with E-state index in [0.29, 0.717) is 6.42 Å². The number of hydrogen-bond acceptors (Lipinski definition) is 3. The van der Waals surface area contributed by atoms with Crippen LogP contribution in [0.25, 0.3) is 0 Å². The number of carbonyl (C=O) groups excluding carboxylic acids is 1. The van der Waals surface area contributed by atoms with Gasteiger partial charge in [-0.1, -0.05) is 30.3 Å². The quantitative estimate of drug-likeness (QED) is 0.689. The van der Waals surface area contributed by atoms with Crippen molar-refractivity contribution in [2.75, 3.05) is 7.11 Å². The van der Waals surface area contributed by atoms with Gasteiger partial charge in [-0.15, -0.1) is 0 Å². The standard InChI is InChI=1S/C18H30N2O3/c1-13(11-16(21)15-9-7-6-8-10-15)19-17(22)20-14(2)12-18(3,4)23-5/h6-10,13-14,16,21H,11-12H2,1-5H3,(H2,19,20,22). The molecule has 0 spiro atoms. The average Bonchev–Trinajstić information content (AvgIpc) is 2.46. The molecule has 2 amide bonds. The van der Waals surface area contributed by atoms with Crippen LogP contribution in [0, 0.1) is 0 Å². The maximum atomic E-state index is 12.0. The average molecular weight is 322 g/mol. The summed E-state index contributed by atoms with van der Waals surface area (Å²) in [6, 6.07) is 9.10. The van der Waals surface area contributed by atoms with Crippen molar-refractivity contribution >= 4 is 6.03 Å². The summed E-state index contributed by atoms with van der Waals surface area (Å²) in [5.74, 6) is 0. The highest BCUT2D eigenvalue weighted by molar-refractivity contribution is 5.74. The van der Waals surface area contributed by atoms with Gasteiger partial charge in [0.15, 0.2) is 0 Å². The monoisotopic (exact) mass is 322 g/mol. The van der Waals surface area contributed by atoms with Gasteiger partial charge in [0.2, 0.25) is 0 Å². The van der Waals surface area contributed by atoms with Crippen molar-refractivity contribution in [3.05, 3.63) is 35.9 Å². The Hall–Kier alpha value is -1.59. The van der Waals surface area contributed by atoms with Crippen LogP contribution < -0.4 is 10.6 Å². The number of rotatable bonds is 8. The number of aliphatic hydroxyl groups is 1. The summed E-state index contributed by atoms with van der Waals surface area (Å²) in [5.41, 5.74) is 0.582. The molecule has 1 aromatic carbocycles. The van der Waals surface area contributed by atoms with Gasteiger partial charge in [0, 0.05) is 19.2 Å². The van der Waals surface area contributed by atoms with Crippen molar-refractivity contribution in [2.24, 2.45) is 0 Å². The highest BCUT2D eigenvalue weighted by atomic mass is 16.5. The Bertz CT molecular complexity index is 476. The molecule has 130 valence electrons. The number of benzene rings is 1. The highest BCUT2D eigenvalue weighted by Crippen LogP contribution is 2.18. The van der Waals surface area contributed by atoms with Crippen LogP contribution in [-0.2, 0) is 4.74 Å². The van der Waals surface area contributed by atoms with Crippen LogP contribution >= 0.6 is 0 Å². The molecule has 0 fully saturated rings. The Balaban J connectivity index is 2.39. The lowest BCUT2D eigenvalue weighted by Gasteiger charge is -2.27. The van der Waals surface area contributed by atoms with E-state index in [-0.39, 0.29) is 23.7 Å². The summed E-state index contributed by atoms with van der Waals surface area (Å²) < 4.78 is 5.37. The van der Waals surface area contributed by atoms with Crippen LogP contribution in [0.5, 0.6) is 0 Å². The second-order valence-corrected chi connectivity index (χ2v) is 6.75. The second-order valence-electron chi connectivity index (χ2n) is 6.75. The lowest BCUT2D eigenvalue weighted by Crippen LogP contribution is -2.46. The molecule has 0 bridgehead atoms. The molecule has 0 saturated carbocycles. The van der Waals surface area contributed by atoms with Gasteiger partial charge in [0.25, 0.3) is 0 Å². The van der Waals surface area contributed by atoms with Crippen LogP contribution in [0.1, 0.15) is 52.2 Å². The predicted molar refractivity (Wildman–Crippen MR) is 92.3 cm³/mol. The zero-order valence-corrected chi connectivity index (χ0v) is 14.8. The van der Waals surface area contributed by atoms with Gasteiger partial charge in [-0.25, -0.2) is 4.79 Å². The van der Waals surface area contributed by atoms with Crippen LogP contribution in [0.2, 0.25) is 0 Å². The minimum atomic E-state index is -0.587. The van der Waals surface area contributed by atoms with Gasteiger partial charge in [0.1, 0.15) is 0 Å². The summed E-state index contributed by atoms with van der Waals surface area (Å²) >= 11 is 0. The molecule has 0 aliphatic rings. The van der Waals surface area contributed by atoms with Gasteiger partial charge in [0.05, 0.1) is 11.7 Å². The Morgan fingerprint density at radius 3 is 2.30 bits per heavy atom. The lowest BCUT2D eigenvalue weighted by atomic mass is 10.00. The Morgan fingerprint density at radius 1 is 1.17 bits per heavy atom. The van der Waals surface area contributed by atoms with E-state index >= 15 is 0 Å². The van der Waals surface area contributed by atoms with Gasteiger partial charge in [-0.05, 0) is 46.1 Å². The summed E-state index contributed by atoms with van der Waals surface area (Å²) in [6.45, 7) is 7.81. The van der Waals surface area contributed by atoms with Gasteiger partial charge in [-0.2, -0.15) is 0 Å². The molecule has 0 radical (unpaired) electrons. The summed E-state index contributed by atoms with van der Waals surface area (Å²) in [5, 5.41) is 15.9. The topological polar surface area (TPSA) is 70.6 Å². The summed E-state index contributed by atoms with van der Waals surface area (Å²) in [4.78, 5) is 12.0. The smallest absolute Gasteiger partial charge is 0.315 e. The van der Waals surface area contributed by atoms with Crippen molar-refractivity contribution in [3.63, 3.8) is 0 Å². The van der Waals surface area contributed by atoms with Crippen molar-refractivity contribution in [1.29, 1.82) is 0 Å². The molecule has 0 heterocycles. The third-order valence-electron chi connectivity index (χ3n) is 3.87. The van der Waals surface area contributed by atoms with E-state index in [4.69, 9.17) is 4.74 Å². The minimum absolute atomic E-state index is 0.00352. The first-order valence-electron chi connectivity index (χ1n) is 8.08. The SMILES string of the molecule is COC(C)(C)CC(C)NC(=O)NC(C)CC(O)c1ccccc1.